The normalized spacial score (nSPS) is 15.2. The Morgan fingerprint density at radius 2 is 1.90 bits per heavy atom. The molecule has 0 bridgehead atoms. The Balaban J connectivity index is 1.79. The first-order valence-electron chi connectivity index (χ1n) is 13.5. The summed E-state index contributed by atoms with van der Waals surface area (Å²) in [4.78, 5) is 33.5. The molecule has 3 aromatic rings. The van der Waals surface area contributed by atoms with Crippen molar-refractivity contribution in [2.75, 3.05) is 20.0 Å². The summed E-state index contributed by atoms with van der Waals surface area (Å²) >= 11 is 2.93. The zero-order chi connectivity index (χ0) is 28.8. The molecule has 0 saturated carbocycles. The standard InChI is InChI=1S/C31H36N2O5S2/c1-7-8-9-16-37-24-15-10-21(17-25(24)36-5)18-26-29(34)33-28(22-11-13-23(39-6)14-12-22)27(30(35)38-19(2)3)20(4)32-31(33)40-26/h10-15,17-19,28H,7-9,16H2,1-6H3. The first kappa shape index (κ1) is 29.7. The second-order valence-corrected chi connectivity index (χ2v) is 11.7. The topological polar surface area (TPSA) is 79.1 Å². The molecule has 212 valence electrons. The molecular formula is C31H36N2O5S2. The van der Waals surface area contributed by atoms with Crippen LogP contribution in [-0.2, 0) is 9.53 Å². The highest BCUT2D eigenvalue weighted by atomic mass is 32.2. The van der Waals surface area contributed by atoms with Crippen molar-refractivity contribution in [3.05, 3.63) is 84.5 Å². The molecule has 9 heteroatoms. The molecule has 0 spiro atoms. The lowest BCUT2D eigenvalue weighted by Gasteiger charge is -2.25. The molecule has 4 rings (SSSR count). The summed E-state index contributed by atoms with van der Waals surface area (Å²) in [6, 6.07) is 12.9. The Morgan fingerprint density at radius 3 is 2.55 bits per heavy atom. The summed E-state index contributed by atoms with van der Waals surface area (Å²) < 4.78 is 19.2. The lowest BCUT2D eigenvalue weighted by Crippen LogP contribution is -2.40. The van der Waals surface area contributed by atoms with Crippen LogP contribution in [0.1, 0.15) is 64.1 Å². The number of thioether (sulfide) groups is 1. The highest BCUT2D eigenvalue weighted by Crippen LogP contribution is 2.32. The fourth-order valence-corrected chi connectivity index (χ4v) is 6.00. The number of methoxy groups -OCH3 is 1. The van der Waals surface area contributed by atoms with E-state index in [1.165, 1.54) is 11.3 Å². The summed E-state index contributed by atoms with van der Waals surface area (Å²) in [5.74, 6) is 0.818. The molecule has 1 atom stereocenters. The average Bonchev–Trinajstić information content (AvgIpc) is 3.24. The van der Waals surface area contributed by atoms with E-state index in [1.807, 2.05) is 54.8 Å². The van der Waals surface area contributed by atoms with Crippen LogP contribution in [0, 0.1) is 0 Å². The van der Waals surface area contributed by atoms with E-state index >= 15 is 0 Å². The van der Waals surface area contributed by atoms with Gasteiger partial charge in [0.1, 0.15) is 0 Å². The first-order valence-corrected chi connectivity index (χ1v) is 15.5. The number of esters is 1. The van der Waals surface area contributed by atoms with Gasteiger partial charge in [0.15, 0.2) is 16.3 Å². The Morgan fingerprint density at radius 1 is 1.15 bits per heavy atom. The third-order valence-corrected chi connectivity index (χ3v) is 8.23. The van der Waals surface area contributed by atoms with Crippen LogP contribution in [0.4, 0.5) is 0 Å². The van der Waals surface area contributed by atoms with Gasteiger partial charge < -0.3 is 14.2 Å². The maximum absolute atomic E-state index is 13.9. The fourth-order valence-electron chi connectivity index (χ4n) is 4.54. The number of allylic oxidation sites excluding steroid dienone is 1. The molecule has 0 aliphatic carbocycles. The maximum atomic E-state index is 13.9. The minimum Gasteiger partial charge on any atom is -0.493 e. The molecule has 2 aromatic carbocycles. The van der Waals surface area contributed by atoms with E-state index in [0.717, 1.165) is 35.3 Å². The van der Waals surface area contributed by atoms with Crippen LogP contribution in [0.15, 0.2) is 68.4 Å². The van der Waals surface area contributed by atoms with Gasteiger partial charge in [-0.05, 0) is 74.9 Å². The fraction of sp³-hybridized carbons (Fsp3) is 0.387. The number of thiazole rings is 1. The molecule has 7 nitrogen and oxygen atoms in total. The number of fused-ring (bicyclic) bond motifs is 1. The van der Waals surface area contributed by atoms with Crippen molar-refractivity contribution in [3.8, 4) is 11.5 Å². The van der Waals surface area contributed by atoms with Crippen LogP contribution < -0.4 is 24.4 Å². The van der Waals surface area contributed by atoms with Crippen molar-refractivity contribution in [1.82, 2.24) is 4.57 Å². The molecule has 0 saturated heterocycles. The van der Waals surface area contributed by atoms with Crippen LogP contribution in [0.2, 0.25) is 0 Å². The van der Waals surface area contributed by atoms with Crippen molar-refractivity contribution in [2.24, 2.45) is 4.99 Å². The van der Waals surface area contributed by atoms with Crippen molar-refractivity contribution in [2.45, 2.75) is 64.0 Å². The zero-order valence-electron chi connectivity index (χ0n) is 23.9. The van der Waals surface area contributed by atoms with Gasteiger partial charge >= 0.3 is 5.97 Å². The lowest BCUT2D eigenvalue weighted by atomic mass is 9.96. The highest BCUT2D eigenvalue weighted by Gasteiger charge is 2.33. The second-order valence-electron chi connectivity index (χ2n) is 9.77. The van der Waals surface area contributed by atoms with Gasteiger partial charge in [0.25, 0.3) is 5.56 Å². The minimum atomic E-state index is -0.644. The Hall–Kier alpha value is -3.30. The van der Waals surface area contributed by atoms with Gasteiger partial charge in [0.2, 0.25) is 0 Å². The summed E-state index contributed by atoms with van der Waals surface area (Å²) in [6.45, 7) is 8.19. The SMILES string of the molecule is CCCCCOc1ccc(C=c2sc3n(c2=O)C(c2ccc(SC)cc2)C(C(=O)OC(C)C)=C(C)N=3)cc1OC. The molecule has 1 aliphatic rings. The number of unbranched alkanes of at least 4 members (excludes halogenated alkanes) is 2. The number of nitrogens with zero attached hydrogens (tertiary/aromatic N) is 2. The van der Waals surface area contributed by atoms with E-state index in [2.05, 4.69) is 11.9 Å². The van der Waals surface area contributed by atoms with Crippen LogP contribution in [-0.4, -0.2) is 36.6 Å². The van der Waals surface area contributed by atoms with Gasteiger partial charge in [0, 0.05) is 4.90 Å². The number of carbonyl (C=O) groups excluding carboxylic acids is 1. The predicted molar refractivity (Wildman–Crippen MR) is 161 cm³/mol. The highest BCUT2D eigenvalue weighted by molar-refractivity contribution is 7.98. The van der Waals surface area contributed by atoms with Crippen molar-refractivity contribution < 1.29 is 19.0 Å². The summed E-state index contributed by atoms with van der Waals surface area (Å²) in [6.07, 6.45) is 6.75. The molecule has 0 N–H and O–H groups in total. The minimum absolute atomic E-state index is 0.219. The van der Waals surface area contributed by atoms with E-state index in [-0.39, 0.29) is 11.7 Å². The number of hydrogen-bond donors (Lipinski definition) is 0. The summed E-state index contributed by atoms with van der Waals surface area (Å²) in [5, 5.41) is 0. The quantitative estimate of drug-likeness (QED) is 0.170. The van der Waals surface area contributed by atoms with Crippen molar-refractivity contribution in [3.63, 3.8) is 0 Å². The number of benzene rings is 2. The largest absolute Gasteiger partial charge is 0.493 e. The number of ether oxygens (including phenoxy) is 3. The maximum Gasteiger partial charge on any atom is 0.338 e. The van der Waals surface area contributed by atoms with Gasteiger partial charge in [-0.3, -0.25) is 9.36 Å². The smallest absolute Gasteiger partial charge is 0.338 e. The van der Waals surface area contributed by atoms with Gasteiger partial charge in [0.05, 0.1) is 41.7 Å². The van der Waals surface area contributed by atoms with E-state index in [1.54, 1.807) is 44.2 Å². The van der Waals surface area contributed by atoms with E-state index in [4.69, 9.17) is 14.2 Å². The molecule has 1 aromatic heterocycles. The molecular weight excluding hydrogens is 544 g/mol. The number of rotatable bonds is 11. The van der Waals surface area contributed by atoms with Crippen molar-refractivity contribution in [1.29, 1.82) is 0 Å². The molecule has 0 fully saturated rings. The van der Waals surface area contributed by atoms with Gasteiger partial charge in [-0.25, -0.2) is 9.79 Å². The number of hydrogen-bond acceptors (Lipinski definition) is 8. The third kappa shape index (κ3) is 6.53. The number of carbonyl (C=O) groups is 1. The van der Waals surface area contributed by atoms with Gasteiger partial charge in [-0.1, -0.05) is 49.3 Å². The molecule has 1 aliphatic heterocycles. The van der Waals surface area contributed by atoms with E-state index < -0.39 is 12.0 Å². The van der Waals surface area contributed by atoms with Gasteiger partial charge in [-0.2, -0.15) is 0 Å². The zero-order valence-corrected chi connectivity index (χ0v) is 25.5. The predicted octanol–water partition coefficient (Wildman–Crippen LogP) is 5.49. The van der Waals surface area contributed by atoms with Crippen LogP contribution in [0.25, 0.3) is 6.08 Å². The Kier molecular flexibility index (Phi) is 9.92. The molecule has 0 amide bonds. The average molecular weight is 581 g/mol. The first-order chi connectivity index (χ1) is 19.3. The molecule has 0 radical (unpaired) electrons. The lowest BCUT2D eigenvalue weighted by molar-refractivity contribution is -0.143. The number of aromatic nitrogens is 1. The summed E-state index contributed by atoms with van der Waals surface area (Å²) in [5.41, 5.74) is 2.32. The Bertz CT molecular complexity index is 1570. The summed E-state index contributed by atoms with van der Waals surface area (Å²) in [7, 11) is 1.61. The van der Waals surface area contributed by atoms with Gasteiger partial charge in [-0.15, -0.1) is 11.8 Å². The van der Waals surface area contributed by atoms with Crippen molar-refractivity contribution >= 4 is 35.1 Å². The molecule has 1 unspecified atom stereocenters. The third-order valence-electron chi connectivity index (χ3n) is 6.51. The Labute approximate surface area is 243 Å². The monoisotopic (exact) mass is 580 g/mol. The van der Waals surface area contributed by atoms with E-state index in [9.17, 15) is 9.59 Å². The van der Waals surface area contributed by atoms with E-state index in [0.29, 0.717) is 38.7 Å². The van der Waals surface area contributed by atoms with Crippen LogP contribution in [0.5, 0.6) is 11.5 Å². The second kappa shape index (κ2) is 13.4. The molecule has 40 heavy (non-hydrogen) atoms. The van der Waals surface area contributed by atoms with Crippen LogP contribution >= 0.6 is 23.1 Å². The molecule has 2 heterocycles. The van der Waals surface area contributed by atoms with Crippen LogP contribution in [0.3, 0.4) is 0 Å².